The molecule has 1 aromatic heterocycles. The van der Waals surface area contributed by atoms with E-state index in [1.54, 1.807) is 11.3 Å². The molecule has 0 aliphatic rings. The third kappa shape index (κ3) is 5.26. The van der Waals surface area contributed by atoms with Gasteiger partial charge in [-0.25, -0.2) is 0 Å². The van der Waals surface area contributed by atoms with Crippen LogP contribution in [0, 0.1) is 0 Å². The van der Waals surface area contributed by atoms with E-state index in [1.807, 2.05) is 45.9 Å². The van der Waals surface area contributed by atoms with Gasteiger partial charge in [-0.15, -0.1) is 11.3 Å². The molecule has 0 saturated carbocycles. The quantitative estimate of drug-likeness (QED) is 0.744. The Balaban J connectivity index is 2.01. The van der Waals surface area contributed by atoms with Gasteiger partial charge in [0.1, 0.15) is 0 Å². The molecule has 1 heterocycles. The fraction of sp³-hybridized carbons (Fsp3) is 0.444. The zero-order chi connectivity index (χ0) is 15.9. The Kier molecular flexibility index (Phi) is 6.13. The van der Waals surface area contributed by atoms with Gasteiger partial charge in [0, 0.05) is 23.2 Å². The second kappa shape index (κ2) is 8.08. The summed E-state index contributed by atoms with van der Waals surface area (Å²) in [5.74, 6) is 1.59. The minimum Gasteiger partial charge on any atom is -0.487 e. The summed E-state index contributed by atoms with van der Waals surface area (Å²) < 4.78 is 11.7. The van der Waals surface area contributed by atoms with Crippen LogP contribution in [0.1, 0.15) is 32.6 Å². The Hall–Kier alpha value is -1.68. The third-order valence-corrected chi connectivity index (χ3v) is 3.89. The summed E-state index contributed by atoms with van der Waals surface area (Å²) in [7, 11) is 0. The number of thiophene rings is 1. The van der Waals surface area contributed by atoms with Crippen LogP contribution in [-0.4, -0.2) is 18.8 Å². The van der Waals surface area contributed by atoms with Gasteiger partial charge in [-0.3, -0.25) is 0 Å². The predicted octanol–water partition coefficient (Wildman–Crippen LogP) is 4.98. The van der Waals surface area contributed by atoms with E-state index in [0.29, 0.717) is 0 Å². The van der Waals surface area contributed by atoms with Crippen LogP contribution in [-0.2, 0) is 6.42 Å². The molecule has 22 heavy (non-hydrogen) atoms. The fourth-order valence-corrected chi connectivity index (χ4v) is 2.81. The highest BCUT2D eigenvalue weighted by atomic mass is 32.1. The molecule has 1 aromatic carbocycles. The lowest BCUT2D eigenvalue weighted by molar-refractivity contribution is 0.199. The summed E-state index contributed by atoms with van der Waals surface area (Å²) in [5.41, 5.74) is 1.06. The van der Waals surface area contributed by atoms with E-state index in [-0.39, 0.29) is 12.2 Å². The first-order valence-corrected chi connectivity index (χ1v) is 8.66. The minimum absolute atomic E-state index is 0.121. The summed E-state index contributed by atoms with van der Waals surface area (Å²) >= 11 is 1.79. The Morgan fingerprint density at radius 3 is 2.36 bits per heavy atom. The average Bonchev–Trinajstić information content (AvgIpc) is 2.94. The number of ether oxygens (including phenoxy) is 2. The summed E-state index contributed by atoms with van der Waals surface area (Å²) in [5, 5.41) is 5.56. The van der Waals surface area contributed by atoms with E-state index in [9.17, 15) is 0 Å². The van der Waals surface area contributed by atoms with Crippen LogP contribution in [0.5, 0.6) is 11.5 Å². The second-order valence-electron chi connectivity index (χ2n) is 5.75. The zero-order valence-corrected chi connectivity index (χ0v) is 14.6. The zero-order valence-electron chi connectivity index (χ0n) is 13.8. The summed E-state index contributed by atoms with van der Waals surface area (Å²) in [6, 6.07) is 10.3. The van der Waals surface area contributed by atoms with E-state index in [4.69, 9.17) is 9.47 Å². The number of hydrogen-bond acceptors (Lipinski definition) is 4. The molecule has 0 amide bonds. The van der Waals surface area contributed by atoms with Crippen molar-refractivity contribution >= 4 is 17.0 Å². The molecule has 0 fully saturated rings. The van der Waals surface area contributed by atoms with Crippen LogP contribution in [0.4, 0.5) is 5.69 Å². The van der Waals surface area contributed by atoms with Crippen molar-refractivity contribution < 1.29 is 9.47 Å². The normalized spacial score (nSPS) is 11.0. The van der Waals surface area contributed by atoms with Crippen molar-refractivity contribution in [2.24, 2.45) is 0 Å². The summed E-state index contributed by atoms with van der Waals surface area (Å²) in [6.07, 6.45) is 1.28. The molecule has 2 aromatic rings. The molecule has 120 valence electrons. The van der Waals surface area contributed by atoms with E-state index < -0.39 is 0 Å². The Morgan fingerprint density at radius 1 is 1.00 bits per heavy atom. The average molecular weight is 319 g/mol. The molecule has 0 spiro atoms. The molecule has 0 radical (unpaired) electrons. The second-order valence-corrected chi connectivity index (χ2v) is 6.78. The molecule has 1 N–H and O–H groups in total. The van der Waals surface area contributed by atoms with Crippen molar-refractivity contribution in [3.05, 3.63) is 40.6 Å². The Labute approximate surface area is 137 Å². The lowest BCUT2D eigenvalue weighted by Crippen LogP contribution is -2.11. The van der Waals surface area contributed by atoms with Gasteiger partial charge in [0.15, 0.2) is 11.5 Å². The van der Waals surface area contributed by atoms with Gasteiger partial charge in [0.25, 0.3) is 0 Å². The molecule has 0 saturated heterocycles. The first kappa shape index (κ1) is 16.7. The van der Waals surface area contributed by atoms with E-state index in [0.717, 1.165) is 30.2 Å². The first-order chi connectivity index (χ1) is 10.5. The van der Waals surface area contributed by atoms with Crippen LogP contribution in [0.25, 0.3) is 0 Å². The van der Waals surface area contributed by atoms with Crippen LogP contribution in [0.2, 0.25) is 0 Å². The molecule has 0 unspecified atom stereocenters. The molecule has 4 heteroatoms. The molecule has 2 rings (SSSR count). The number of benzene rings is 1. The third-order valence-electron chi connectivity index (χ3n) is 2.95. The number of nitrogens with one attached hydrogen (secondary N) is 1. The van der Waals surface area contributed by atoms with E-state index in [1.165, 1.54) is 4.88 Å². The topological polar surface area (TPSA) is 30.5 Å². The highest BCUT2D eigenvalue weighted by Gasteiger charge is 2.10. The maximum Gasteiger partial charge on any atom is 0.163 e. The number of rotatable bonds is 8. The molecule has 0 atom stereocenters. The van der Waals surface area contributed by atoms with Crippen LogP contribution >= 0.6 is 11.3 Å². The lowest BCUT2D eigenvalue weighted by atomic mass is 10.2. The largest absolute Gasteiger partial charge is 0.487 e. The lowest BCUT2D eigenvalue weighted by Gasteiger charge is -2.18. The highest BCUT2D eigenvalue weighted by molar-refractivity contribution is 7.09. The van der Waals surface area contributed by atoms with Crippen molar-refractivity contribution in [2.75, 3.05) is 11.9 Å². The summed E-state index contributed by atoms with van der Waals surface area (Å²) in [6.45, 7) is 9.00. The van der Waals surface area contributed by atoms with Crippen molar-refractivity contribution in [3.63, 3.8) is 0 Å². The molecular formula is C18H25NO2S. The van der Waals surface area contributed by atoms with Crippen LogP contribution in [0.15, 0.2) is 35.7 Å². The first-order valence-electron chi connectivity index (χ1n) is 7.78. The minimum atomic E-state index is 0.121. The van der Waals surface area contributed by atoms with Crippen molar-refractivity contribution in [1.29, 1.82) is 0 Å². The monoisotopic (exact) mass is 319 g/mol. The van der Waals surface area contributed by atoms with Gasteiger partial charge in [-0.2, -0.15) is 0 Å². The Morgan fingerprint density at radius 2 is 1.73 bits per heavy atom. The van der Waals surface area contributed by atoms with Gasteiger partial charge >= 0.3 is 0 Å². The smallest absolute Gasteiger partial charge is 0.163 e. The number of anilines is 1. The van der Waals surface area contributed by atoms with Gasteiger partial charge in [0.05, 0.1) is 12.2 Å². The van der Waals surface area contributed by atoms with E-state index >= 15 is 0 Å². The van der Waals surface area contributed by atoms with Gasteiger partial charge in [-0.1, -0.05) is 6.07 Å². The predicted molar refractivity (Wildman–Crippen MR) is 94.5 cm³/mol. The fourth-order valence-electron chi connectivity index (χ4n) is 2.10. The molecule has 0 aliphatic carbocycles. The molecule has 3 nitrogen and oxygen atoms in total. The SMILES string of the molecule is CC(C)Oc1ccc(NCCc2cccs2)cc1OC(C)C. The van der Waals surface area contributed by atoms with E-state index in [2.05, 4.69) is 22.8 Å². The van der Waals surface area contributed by atoms with Gasteiger partial charge in [-0.05, 0) is 57.7 Å². The summed E-state index contributed by atoms with van der Waals surface area (Å²) in [4.78, 5) is 1.39. The highest BCUT2D eigenvalue weighted by Crippen LogP contribution is 2.32. The maximum atomic E-state index is 5.88. The molecule has 0 bridgehead atoms. The van der Waals surface area contributed by atoms with Crippen LogP contribution in [0.3, 0.4) is 0 Å². The number of hydrogen-bond donors (Lipinski definition) is 1. The van der Waals surface area contributed by atoms with Gasteiger partial charge < -0.3 is 14.8 Å². The van der Waals surface area contributed by atoms with Crippen molar-refractivity contribution in [1.82, 2.24) is 0 Å². The van der Waals surface area contributed by atoms with Crippen molar-refractivity contribution in [2.45, 2.75) is 46.3 Å². The molecule has 0 aliphatic heterocycles. The molecular weight excluding hydrogens is 294 g/mol. The standard InChI is InChI=1S/C18H25NO2S/c1-13(2)20-17-8-7-15(12-18(17)21-14(3)4)19-10-9-16-6-5-11-22-16/h5-8,11-14,19H,9-10H2,1-4H3. The van der Waals surface area contributed by atoms with Crippen molar-refractivity contribution in [3.8, 4) is 11.5 Å². The Bertz CT molecular complexity index is 564. The maximum absolute atomic E-state index is 5.88. The van der Waals surface area contributed by atoms with Gasteiger partial charge in [0.2, 0.25) is 0 Å². The van der Waals surface area contributed by atoms with Crippen LogP contribution < -0.4 is 14.8 Å².